The van der Waals surface area contributed by atoms with Crippen LogP contribution in [0.15, 0.2) is 35.7 Å². The van der Waals surface area contributed by atoms with E-state index in [0.717, 1.165) is 9.71 Å². The van der Waals surface area contributed by atoms with Gasteiger partial charge in [0, 0.05) is 5.41 Å². The van der Waals surface area contributed by atoms with Crippen molar-refractivity contribution in [1.82, 2.24) is 4.31 Å². The maximum Gasteiger partial charge on any atom is 0.318 e. The first-order chi connectivity index (χ1) is 8.95. The summed E-state index contributed by atoms with van der Waals surface area (Å²) in [7, 11) is -3.85. The number of hydrogen-bond acceptors (Lipinski definition) is 3. The summed E-state index contributed by atoms with van der Waals surface area (Å²) in [6, 6.07) is 8.80. The van der Waals surface area contributed by atoms with Crippen molar-refractivity contribution in [2.45, 2.75) is 0 Å². The summed E-state index contributed by atoms with van der Waals surface area (Å²) < 4.78 is 24.5. The summed E-state index contributed by atoms with van der Waals surface area (Å²) in [5, 5.41) is 9.61. The molecule has 0 radical (unpaired) electrons. The van der Waals surface area contributed by atoms with Crippen LogP contribution in [0.3, 0.4) is 0 Å². The average molecular weight is 279 g/mol. The van der Waals surface area contributed by atoms with Crippen molar-refractivity contribution in [2.24, 2.45) is 0 Å². The minimum Gasteiger partial charge on any atom is -0.480 e. The van der Waals surface area contributed by atoms with Crippen LogP contribution in [-0.2, 0) is 14.8 Å². The van der Waals surface area contributed by atoms with E-state index in [0.29, 0.717) is 5.56 Å². The van der Waals surface area contributed by atoms with Crippen LogP contribution in [0.5, 0.6) is 0 Å². The average Bonchev–Trinajstić information content (AvgIpc) is 2.37. The van der Waals surface area contributed by atoms with Crippen molar-refractivity contribution < 1.29 is 18.3 Å². The van der Waals surface area contributed by atoms with Gasteiger partial charge in [-0.15, -0.1) is 6.42 Å². The van der Waals surface area contributed by atoms with Gasteiger partial charge < -0.3 is 5.11 Å². The summed E-state index contributed by atoms with van der Waals surface area (Å²) in [4.78, 5) is 10.6. The maximum absolute atomic E-state index is 11.9. The molecule has 0 atom stereocenters. The van der Waals surface area contributed by atoms with E-state index in [9.17, 15) is 13.2 Å². The summed E-state index contributed by atoms with van der Waals surface area (Å²) in [5.41, 5.74) is 0.696. The highest BCUT2D eigenvalue weighted by atomic mass is 32.2. The Bertz CT molecular complexity index is 599. The summed E-state index contributed by atoms with van der Waals surface area (Å²) in [6.45, 7) is -0.945. The van der Waals surface area contributed by atoms with Gasteiger partial charge in [0.1, 0.15) is 6.54 Å². The molecule has 1 aromatic carbocycles. The number of carbonyl (C=O) groups is 1. The van der Waals surface area contributed by atoms with Crippen LogP contribution in [0.25, 0.3) is 6.08 Å². The fraction of sp³-hybridized carbons (Fsp3) is 0.154. The lowest BCUT2D eigenvalue weighted by atomic mass is 10.2. The Labute approximate surface area is 112 Å². The Morgan fingerprint density at radius 1 is 1.37 bits per heavy atom. The molecule has 0 saturated heterocycles. The van der Waals surface area contributed by atoms with E-state index in [1.807, 2.05) is 0 Å². The van der Waals surface area contributed by atoms with Crippen LogP contribution in [-0.4, -0.2) is 36.9 Å². The predicted octanol–water partition coefficient (Wildman–Crippen LogP) is 1.01. The van der Waals surface area contributed by atoms with Gasteiger partial charge in [-0.25, -0.2) is 8.42 Å². The fourth-order valence-electron chi connectivity index (χ4n) is 1.30. The smallest absolute Gasteiger partial charge is 0.318 e. The highest BCUT2D eigenvalue weighted by Crippen LogP contribution is 2.07. The van der Waals surface area contributed by atoms with Gasteiger partial charge >= 0.3 is 5.97 Å². The molecule has 1 N–H and O–H groups in total. The third-order valence-electron chi connectivity index (χ3n) is 2.17. The minimum absolute atomic E-state index is 0.284. The monoisotopic (exact) mass is 279 g/mol. The Kier molecular flexibility index (Phi) is 5.30. The molecule has 0 aliphatic carbocycles. The van der Waals surface area contributed by atoms with Gasteiger partial charge in [0.15, 0.2) is 0 Å². The summed E-state index contributed by atoms with van der Waals surface area (Å²) in [6.07, 6.45) is 6.43. The summed E-state index contributed by atoms with van der Waals surface area (Å²) in [5.74, 6) is 0.870. The second kappa shape index (κ2) is 6.73. The Morgan fingerprint density at radius 3 is 2.53 bits per heavy atom. The summed E-state index contributed by atoms with van der Waals surface area (Å²) >= 11 is 0. The number of nitrogens with zero attached hydrogens (tertiary/aromatic N) is 1. The molecule has 0 aliphatic heterocycles. The lowest BCUT2D eigenvalue weighted by Gasteiger charge is -2.14. The van der Waals surface area contributed by atoms with Crippen LogP contribution in [0.1, 0.15) is 5.56 Å². The standard InChI is InChI=1S/C13H13NO4S/c1-2-9-14(11-13(15)16)19(17,18)10-8-12-6-4-3-5-7-12/h1,3-8,10H,9,11H2,(H,15,16). The lowest BCUT2D eigenvalue weighted by Crippen LogP contribution is -2.34. The van der Waals surface area contributed by atoms with E-state index in [1.54, 1.807) is 30.3 Å². The number of aliphatic carboxylic acids is 1. The number of benzene rings is 1. The first-order valence-corrected chi connectivity index (χ1v) is 6.84. The largest absolute Gasteiger partial charge is 0.480 e. The number of terminal acetylenes is 1. The molecule has 1 aromatic rings. The number of carboxylic acids is 1. The normalized spacial score (nSPS) is 11.6. The highest BCUT2D eigenvalue weighted by molar-refractivity contribution is 7.92. The molecule has 19 heavy (non-hydrogen) atoms. The third-order valence-corrected chi connectivity index (χ3v) is 3.63. The first kappa shape index (κ1) is 15.0. The molecule has 100 valence electrons. The molecule has 0 unspecified atom stereocenters. The maximum atomic E-state index is 11.9. The number of sulfonamides is 1. The fourth-order valence-corrected chi connectivity index (χ4v) is 2.35. The molecule has 0 aromatic heterocycles. The predicted molar refractivity (Wildman–Crippen MR) is 72.4 cm³/mol. The number of hydrogen-bond donors (Lipinski definition) is 1. The SMILES string of the molecule is C#CCN(CC(=O)O)S(=O)(=O)C=Cc1ccccc1. The zero-order valence-corrected chi connectivity index (χ0v) is 10.9. The Hall–Kier alpha value is -2.10. The molecule has 6 heteroatoms. The highest BCUT2D eigenvalue weighted by Gasteiger charge is 2.20. The van der Waals surface area contributed by atoms with Gasteiger partial charge in [0.2, 0.25) is 10.0 Å². The molecule has 0 saturated carbocycles. The van der Waals surface area contributed by atoms with Crippen LogP contribution in [0.2, 0.25) is 0 Å². The van der Waals surface area contributed by atoms with Crippen LogP contribution in [0, 0.1) is 12.3 Å². The van der Waals surface area contributed by atoms with Gasteiger partial charge in [-0.2, -0.15) is 4.31 Å². The molecule has 5 nitrogen and oxygen atoms in total. The zero-order chi connectivity index (χ0) is 14.3. The molecule has 0 amide bonds. The molecule has 0 heterocycles. The van der Waals surface area contributed by atoms with Gasteiger partial charge in [-0.05, 0) is 11.6 Å². The van der Waals surface area contributed by atoms with Crippen LogP contribution >= 0.6 is 0 Å². The quantitative estimate of drug-likeness (QED) is 0.789. The van der Waals surface area contributed by atoms with Crippen molar-refractivity contribution in [2.75, 3.05) is 13.1 Å². The third kappa shape index (κ3) is 4.95. The second-order valence-electron chi connectivity index (χ2n) is 3.62. The zero-order valence-electron chi connectivity index (χ0n) is 10.1. The van der Waals surface area contributed by atoms with Crippen LogP contribution in [0.4, 0.5) is 0 Å². The number of rotatable bonds is 6. The molecular weight excluding hydrogens is 266 g/mol. The van der Waals surface area contributed by atoms with E-state index < -0.39 is 22.5 Å². The van der Waals surface area contributed by atoms with Crippen molar-refractivity contribution in [3.63, 3.8) is 0 Å². The Balaban J connectivity index is 2.92. The van der Waals surface area contributed by atoms with Gasteiger partial charge in [-0.1, -0.05) is 36.3 Å². The Morgan fingerprint density at radius 2 is 2.00 bits per heavy atom. The van der Waals surface area contributed by atoms with Gasteiger partial charge in [0.25, 0.3) is 0 Å². The van der Waals surface area contributed by atoms with Crippen molar-refractivity contribution in [3.05, 3.63) is 41.3 Å². The molecular formula is C13H13NO4S. The van der Waals surface area contributed by atoms with E-state index in [4.69, 9.17) is 11.5 Å². The lowest BCUT2D eigenvalue weighted by molar-refractivity contribution is -0.137. The number of carboxylic acid groups (broad SMARTS) is 1. The molecule has 0 aliphatic rings. The molecule has 0 spiro atoms. The van der Waals surface area contributed by atoms with Crippen molar-refractivity contribution in [3.8, 4) is 12.3 Å². The first-order valence-electron chi connectivity index (χ1n) is 5.34. The van der Waals surface area contributed by atoms with Gasteiger partial charge in [0.05, 0.1) is 6.54 Å². The van der Waals surface area contributed by atoms with Crippen molar-refractivity contribution in [1.29, 1.82) is 0 Å². The molecule has 0 fully saturated rings. The molecule has 0 bridgehead atoms. The molecule has 1 rings (SSSR count). The second-order valence-corrected chi connectivity index (χ2v) is 5.44. The van der Waals surface area contributed by atoms with Crippen LogP contribution < -0.4 is 0 Å². The van der Waals surface area contributed by atoms with E-state index in [2.05, 4.69) is 5.92 Å². The van der Waals surface area contributed by atoms with E-state index in [1.165, 1.54) is 6.08 Å². The van der Waals surface area contributed by atoms with E-state index >= 15 is 0 Å². The van der Waals surface area contributed by atoms with Gasteiger partial charge in [-0.3, -0.25) is 4.79 Å². The minimum atomic E-state index is -3.85. The van der Waals surface area contributed by atoms with Crippen molar-refractivity contribution >= 4 is 22.1 Å². The van der Waals surface area contributed by atoms with E-state index in [-0.39, 0.29) is 6.54 Å². The topological polar surface area (TPSA) is 74.7 Å².